The Hall–Kier alpha value is -2.28. The summed E-state index contributed by atoms with van der Waals surface area (Å²) in [5.74, 6) is -0.738. The van der Waals surface area contributed by atoms with Crippen molar-refractivity contribution in [3.05, 3.63) is 23.8 Å². The van der Waals surface area contributed by atoms with E-state index in [1.807, 2.05) is 0 Å². The smallest absolute Gasteiger partial charge is 0.326 e. The molecule has 1 aromatic rings. The highest BCUT2D eigenvalue weighted by atomic mass is 16.5. The Balaban J connectivity index is 2.88. The van der Waals surface area contributed by atoms with Gasteiger partial charge in [-0.3, -0.25) is 4.79 Å². The van der Waals surface area contributed by atoms with Crippen LogP contribution in [0.3, 0.4) is 0 Å². The van der Waals surface area contributed by atoms with E-state index in [9.17, 15) is 9.59 Å². The first-order valence-corrected chi connectivity index (χ1v) is 6.27. The lowest BCUT2D eigenvalue weighted by atomic mass is 10.1. The van der Waals surface area contributed by atoms with Crippen molar-refractivity contribution in [2.24, 2.45) is 0 Å². The first-order chi connectivity index (χ1) is 10.0. The van der Waals surface area contributed by atoms with Crippen LogP contribution >= 0.6 is 0 Å². The zero-order valence-corrected chi connectivity index (χ0v) is 12.2. The van der Waals surface area contributed by atoms with Gasteiger partial charge in [0.2, 0.25) is 0 Å². The number of methoxy groups -OCH3 is 3. The van der Waals surface area contributed by atoms with Gasteiger partial charge < -0.3 is 24.6 Å². The second kappa shape index (κ2) is 8.11. The van der Waals surface area contributed by atoms with Crippen molar-refractivity contribution in [3.63, 3.8) is 0 Å². The van der Waals surface area contributed by atoms with Gasteiger partial charge in [-0.1, -0.05) is 0 Å². The quantitative estimate of drug-likeness (QED) is 0.741. The van der Waals surface area contributed by atoms with Gasteiger partial charge in [0, 0.05) is 31.8 Å². The lowest BCUT2D eigenvalue weighted by molar-refractivity contribution is -0.139. The molecule has 1 atom stereocenters. The molecule has 1 aromatic carbocycles. The lowest BCUT2D eigenvalue weighted by Crippen LogP contribution is -2.41. The number of ether oxygens (including phenoxy) is 3. The lowest BCUT2D eigenvalue weighted by Gasteiger charge is -2.15. The van der Waals surface area contributed by atoms with Gasteiger partial charge in [0.05, 0.1) is 14.2 Å². The number of rotatable bonds is 8. The van der Waals surface area contributed by atoms with Crippen LogP contribution in [0.5, 0.6) is 11.5 Å². The second-order valence-corrected chi connectivity index (χ2v) is 4.25. The Labute approximate surface area is 122 Å². The molecule has 0 spiro atoms. The summed E-state index contributed by atoms with van der Waals surface area (Å²) in [6.07, 6.45) is 0.179. The van der Waals surface area contributed by atoms with Gasteiger partial charge in [0.25, 0.3) is 5.91 Å². The monoisotopic (exact) mass is 297 g/mol. The zero-order valence-electron chi connectivity index (χ0n) is 12.2. The zero-order chi connectivity index (χ0) is 15.8. The van der Waals surface area contributed by atoms with Gasteiger partial charge in [0.15, 0.2) is 0 Å². The molecule has 0 radical (unpaired) electrons. The number of carbonyl (C=O) groups is 2. The first-order valence-electron chi connectivity index (χ1n) is 6.27. The van der Waals surface area contributed by atoms with Crippen LogP contribution < -0.4 is 14.8 Å². The Bertz CT molecular complexity index is 480. The van der Waals surface area contributed by atoms with Crippen molar-refractivity contribution >= 4 is 11.9 Å². The van der Waals surface area contributed by atoms with Gasteiger partial charge in [-0.25, -0.2) is 4.79 Å². The van der Waals surface area contributed by atoms with Crippen molar-refractivity contribution in [1.82, 2.24) is 5.32 Å². The molecule has 7 heteroatoms. The minimum absolute atomic E-state index is 0.179. The minimum Gasteiger partial charge on any atom is -0.497 e. The standard InChI is InChI=1S/C14H19NO6/c1-19-5-4-12(14(17)18)15-13(16)9-6-10(20-2)8-11(7-9)21-3/h6-8,12H,4-5H2,1-3H3,(H,15,16)(H,17,18). The Kier molecular flexibility index (Phi) is 6.48. The highest BCUT2D eigenvalue weighted by Crippen LogP contribution is 2.22. The largest absolute Gasteiger partial charge is 0.497 e. The molecule has 0 aliphatic heterocycles. The summed E-state index contributed by atoms with van der Waals surface area (Å²) < 4.78 is 15.0. The molecular weight excluding hydrogens is 278 g/mol. The van der Waals surface area contributed by atoms with Crippen molar-refractivity contribution in [2.45, 2.75) is 12.5 Å². The molecule has 21 heavy (non-hydrogen) atoms. The average Bonchev–Trinajstić information content (AvgIpc) is 2.50. The molecule has 1 rings (SSSR count). The van der Waals surface area contributed by atoms with Crippen LogP contribution in [-0.4, -0.2) is 51.0 Å². The fraction of sp³-hybridized carbons (Fsp3) is 0.429. The normalized spacial score (nSPS) is 11.6. The molecule has 1 unspecified atom stereocenters. The number of carbonyl (C=O) groups excluding carboxylic acids is 1. The Morgan fingerprint density at radius 2 is 1.71 bits per heavy atom. The van der Waals surface area contributed by atoms with E-state index in [4.69, 9.17) is 19.3 Å². The fourth-order valence-electron chi connectivity index (χ4n) is 1.67. The molecule has 0 aromatic heterocycles. The van der Waals surface area contributed by atoms with E-state index >= 15 is 0 Å². The molecular formula is C14H19NO6. The highest BCUT2D eigenvalue weighted by Gasteiger charge is 2.21. The fourth-order valence-corrected chi connectivity index (χ4v) is 1.67. The number of benzene rings is 1. The third-order valence-corrected chi connectivity index (χ3v) is 2.83. The number of carboxylic acid groups (broad SMARTS) is 1. The van der Waals surface area contributed by atoms with E-state index < -0.39 is 17.9 Å². The summed E-state index contributed by atoms with van der Waals surface area (Å²) >= 11 is 0. The van der Waals surface area contributed by atoms with E-state index in [-0.39, 0.29) is 18.6 Å². The first kappa shape index (κ1) is 16.8. The van der Waals surface area contributed by atoms with E-state index in [2.05, 4.69) is 5.32 Å². The molecule has 1 amide bonds. The summed E-state index contributed by atoms with van der Waals surface area (Å²) in [7, 11) is 4.40. The maximum atomic E-state index is 12.1. The summed E-state index contributed by atoms with van der Waals surface area (Å²) in [5.41, 5.74) is 0.259. The van der Waals surface area contributed by atoms with Gasteiger partial charge in [-0.15, -0.1) is 0 Å². The number of carboxylic acids is 1. The van der Waals surface area contributed by atoms with Crippen LogP contribution in [-0.2, 0) is 9.53 Å². The molecule has 0 saturated carbocycles. The second-order valence-electron chi connectivity index (χ2n) is 4.25. The Morgan fingerprint density at radius 3 is 2.14 bits per heavy atom. The van der Waals surface area contributed by atoms with Crippen molar-refractivity contribution in [3.8, 4) is 11.5 Å². The van der Waals surface area contributed by atoms with Crippen LogP contribution in [0.25, 0.3) is 0 Å². The van der Waals surface area contributed by atoms with Crippen LogP contribution in [0, 0.1) is 0 Å². The number of hydrogen-bond donors (Lipinski definition) is 2. The van der Waals surface area contributed by atoms with Crippen LogP contribution in [0.15, 0.2) is 18.2 Å². The van der Waals surface area contributed by atoms with Crippen molar-refractivity contribution in [2.75, 3.05) is 27.9 Å². The average molecular weight is 297 g/mol. The number of aliphatic carboxylic acids is 1. The van der Waals surface area contributed by atoms with Gasteiger partial charge in [-0.2, -0.15) is 0 Å². The van der Waals surface area contributed by atoms with Crippen LogP contribution in [0.2, 0.25) is 0 Å². The molecule has 0 bridgehead atoms. The minimum atomic E-state index is -1.12. The topological polar surface area (TPSA) is 94.1 Å². The van der Waals surface area contributed by atoms with Gasteiger partial charge in [-0.05, 0) is 12.1 Å². The van der Waals surface area contributed by atoms with Crippen molar-refractivity contribution < 1.29 is 28.9 Å². The molecule has 0 aliphatic rings. The predicted molar refractivity (Wildman–Crippen MR) is 74.9 cm³/mol. The SMILES string of the molecule is COCCC(NC(=O)c1cc(OC)cc(OC)c1)C(=O)O. The van der Waals surface area contributed by atoms with E-state index in [1.165, 1.54) is 33.5 Å². The molecule has 0 heterocycles. The molecule has 7 nitrogen and oxygen atoms in total. The van der Waals surface area contributed by atoms with E-state index in [0.717, 1.165) is 0 Å². The summed E-state index contributed by atoms with van der Waals surface area (Å²) in [6, 6.07) is 3.62. The molecule has 116 valence electrons. The summed E-state index contributed by atoms with van der Waals surface area (Å²) in [4.78, 5) is 23.2. The van der Waals surface area contributed by atoms with Gasteiger partial charge in [0.1, 0.15) is 17.5 Å². The number of nitrogens with one attached hydrogen (secondary N) is 1. The van der Waals surface area contributed by atoms with Gasteiger partial charge >= 0.3 is 5.97 Å². The third kappa shape index (κ3) is 4.96. The molecule has 2 N–H and O–H groups in total. The maximum Gasteiger partial charge on any atom is 0.326 e. The molecule has 0 fully saturated rings. The van der Waals surface area contributed by atoms with Crippen LogP contribution in [0.4, 0.5) is 0 Å². The summed E-state index contributed by atoms with van der Waals surface area (Å²) in [6.45, 7) is 0.235. The molecule has 0 aliphatic carbocycles. The van der Waals surface area contributed by atoms with Crippen molar-refractivity contribution in [1.29, 1.82) is 0 Å². The number of amides is 1. The summed E-state index contributed by atoms with van der Waals surface area (Å²) in [5, 5.41) is 11.5. The maximum absolute atomic E-state index is 12.1. The molecule has 0 saturated heterocycles. The van der Waals surface area contributed by atoms with Crippen LogP contribution in [0.1, 0.15) is 16.8 Å². The number of hydrogen-bond acceptors (Lipinski definition) is 5. The predicted octanol–water partition coefficient (Wildman–Crippen LogP) is 0.923. The third-order valence-electron chi connectivity index (χ3n) is 2.83. The highest BCUT2D eigenvalue weighted by molar-refractivity contribution is 5.97. The van der Waals surface area contributed by atoms with E-state index in [0.29, 0.717) is 11.5 Å². The van der Waals surface area contributed by atoms with E-state index in [1.54, 1.807) is 6.07 Å². The Morgan fingerprint density at radius 1 is 1.14 bits per heavy atom.